The van der Waals surface area contributed by atoms with E-state index in [1.807, 2.05) is 0 Å². The molecule has 0 saturated carbocycles. The number of pyridine rings is 1. The summed E-state index contributed by atoms with van der Waals surface area (Å²) in [5, 5.41) is 6.45. The van der Waals surface area contributed by atoms with Crippen LogP contribution in [0.4, 0.5) is 9.18 Å². The third-order valence-corrected chi connectivity index (χ3v) is 2.43. The lowest BCUT2D eigenvalue weighted by molar-refractivity contribution is 0.0523. The number of hydrogen-bond acceptors (Lipinski definition) is 4. The van der Waals surface area contributed by atoms with Gasteiger partial charge in [0.1, 0.15) is 5.60 Å². The first-order valence-electron chi connectivity index (χ1n) is 6.46. The predicted octanol–water partition coefficient (Wildman–Crippen LogP) is 2.43. The molecule has 2 aromatic heterocycles. The average Bonchev–Trinajstić information content (AvgIpc) is 2.82. The largest absolute Gasteiger partial charge is 0.444 e. The summed E-state index contributed by atoms with van der Waals surface area (Å²) in [5.41, 5.74) is 0.272. The fourth-order valence-corrected chi connectivity index (χ4v) is 1.57. The Labute approximate surface area is 121 Å². The van der Waals surface area contributed by atoms with Crippen molar-refractivity contribution in [3.8, 4) is 5.82 Å². The predicted molar refractivity (Wildman–Crippen MR) is 74.4 cm³/mol. The van der Waals surface area contributed by atoms with Gasteiger partial charge in [-0.2, -0.15) is 5.10 Å². The second-order valence-corrected chi connectivity index (χ2v) is 5.48. The van der Waals surface area contributed by atoms with Gasteiger partial charge in [0.05, 0.1) is 12.4 Å². The van der Waals surface area contributed by atoms with Gasteiger partial charge in [0.2, 0.25) is 0 Å². The summed E-state index contributed by atoms with van der Waals surface area (Å²) in [6, 6.07) is 3.47. The highest BCUT2D eigenvalue weighted by molar-refractivity contribution is 5.67. The molecule has 1 amide bonds. The highest BCUT2D eigenvalue weighted by Gasteiger charge is 2.15. The monoisotopic (exact) mass is 292 g/mol. The van der Waals surface area contributed by atoms with Crippen molar-refractivity contribution in [3.05, 3.63) is 42.1 Å². The smallest absolute Gasteiger partial charge is 0.407 e. The summed E-state index contributed by atoms with van der Waals surface area (Å²) in [6.45, 7) is 5.69. The number of nitrogens with zero attached hydrogens (tertiary/aromatic N) is 3. The van der Waals surface area contributed by atoms with Crippen LogP contribution in [0.3, 0.4) is 0 Å². The van der Waals surface area contributed by atoms with Crippen LogP contribution < -0.4 is 5.32 Å². The zero-order chi connectivity index (χ0) is 15.5. The molecule has 21 heavy (non-hydrogen) atoms. The number of aromatic nitrogens is 3. The standard InChI is InChI=1S/C14H17FN4O2/c1-14(2,3)21-13(20)17-7-10-4-5-12(16-6-10)19-9-11(15)8-18-19/h4-6,8-9H,7H2,1-3H3,(H,17,20). The Bertz CT molecular complexity index is 617. The highest BCUT2D eigenvalue weighted by atomic mass is 19.1. The molecule has 7 heteroatoms. The molecular weight excluding hydrogens is 275 g/mol. The molecule has 0 atom stereocenters. The van der Waals surface area contributed by atoms with Crippen molar-refractivity contribution < 1.29 is 13.9 Å². The molecule has 2 aromatic rings. The summed E-state index contributed by atoms with van der Waals surface area (Å²) in [4.78, 5) is 15.7. The number of halogens is 1. The van der Waals surface area contributed by atoms with Crippen LogP contribution >= 0.6 is 0 Å². The number of hydrogen-bond donors (Lipinski definition) is 1. The van der Waals surface area contributed by atoms with Crippen LogP contribution in [0.25, 0.3) is 5.82 Å². The molecule has 1 N–H and O–H groups in total. The van der Waals surface area contributed by atoms with Gasteiger partial charge >= 0.3 is 6.09 Å². The lowest BCUT2D eigenvalue weighted by Gasteiger charge is -2.19. The van der Waals surface area contributed by atoms with E-state index in [9.17, 15) is 9.18 Å². The van der Waals surface area contributed by atoms with Gasteiger partial charge in [-0.25, -0.2) is 18.9 Å². The molecule has 112 valence electrons. The maximum absolute atomic E-state index is 12.9. The van der Waals surface area contributed by atoms with E-state index in [-0.39, 0.29) is 0 Å². The first-order valence-corrected chi connectivity index (χ1v) is 6.46. The van der Waals surface area contributed by atoms with E-state index in [4.69, 9.17) is 4.74 Å². The number of amides is 1. The molecule has 0 saturated heterocycles. The molecule has 2 rings (SSSR count). The summed E-state index contributed by atoms with van der Waals surface area (Å²) in [5.74, 6) is 0.0763. The zero-order valence-electron chi connectivity index (χ0n) is 12.1. The lowest BCUT2D eigenvalue weighted by Crippen LogP contribution is -2.32. The van der Waals surface area contributed by atoms with Crippen molar-refractivity contribution in [2.45, 2.75) is 32.9 Å². The quantitative estimate of drug-likeness (QED) is 0.943. The van der Waals surface area contributed by atoms with Gasteiger partial charge in [0.15, 0.2) is 11.6 Å². The number of carbonyl (C=O) groups excluding carboxylic acids is 1. The molecule has 0 aliphatic heterocycles. The van der Waals surface area contributed by atoms with E-state index in [0.29, 0.717) is 12.4 Å². The second kappa shape index (κ2) is 5.90. The maximum atomic E-state index is 12.9. The van der Waals surface area contributed by atoms with Crippen LogP contribution in [0, 0.1) is 5.82 Å². The minimum absolute atomic E-state index is 0.301. The van der Waals surface area contributed by atoms with Crippen molar-refractivity contribution >= 4 is 6.09 Å². The number of ether oxygens (including phenoxy) is 1. The molecule has 0 unspecified atom stereocenters. The number of carbonyl (C=O) groups is 1. The normalized spacial score (nSPS) is 11.2. The van der Waals surface area contributed by atoms with E-state index in [0.717, 1.165) is 11.8 Å². The van der Waals surface area contributed by atoms with E-state index in [2.05, 4.69) is 15.4 Å². The van der Waals surface area contributed by atoms with E-state index in [1.165, 1.54) is 10.9 Å². The Hall–Kier alpha value is -2.44. The van der Waals surface area contributed by atoms with Crippen LogP contribution in [0.15, 0.2) is 30.7 Å². The molecule has 0 aromatic carbocycles. The topological polar surface area (TPSA) is 69.0 Å². The Morgan fingerprint density at radius 3 is 2.67 bits per heavy atom. The van der Waals surface area contributed by atoms with Crippen LogP contribution in [0.2, 0.25) is 0 Å². The van der Waals surface area contributed by atoms with Gasteiger partial charge in [-0.05, 0) is 32.4 Å². The molecule has 0 fully saturated rings. The zero-order valence-corrected chi connectivity index (χ0v) is 12.1. The Balaban J connectivity index is 1.92. The molecule has 6 nitrogen and oxygen atoms in total. The van der Waals surface area contributed by atoms with Gasteiger partial charge in [0.25, 0.3) is 0 Å². The molecular formula is C14H17FN4O2. The molecule has 0 aliphatic rings. The first kappa shape index (κ1) is 15.0. The van der Waals surface area contributed by atoms with Gasteiger partial charge in [0, 0.05) is 12.7 Å². The molecule has 2 heterocycles. The molecule has 0 radical (unpaired) electrons. The van der Waals surface area contributed by atoms with E-state index in [1.54, 1.807) is 39.1 Å². The van der Waals surface area contributed by atoms with Crippen LogP contribution in [0.1, 0.15) is 26.3 Å². The van der Waals surface area contributed by atoms with E-state index >= 15 is 0 Å². The van der Waals surface area contributed by atoms with Crippen molar-refractivity contribution in [2.24, 2.45) is 0 Å². The highest BCUT2D eigenvalue weighted by Crippen LogP contribution is 2.08. The van der Waals surface area contributed by atoms with Gasteiger partial charge < -0.3 is 10.1 Å². The van der Waals surface area contributed by atoms with Crippen molar-refractivity contribution in [1.82, 2.24) is 20.1 Å². The Kier molecular flexibility index (Phi) is 4.21. The summed E-state index contributed by atoms with van der Waals surface area (Å²) < 4.78 is 19.3. The lowest BCUT2D eigenvalue weighted by atomic mass is 10.2. The molecule has 0 aliphatic carbocycles. The van der Waals surface area contributed by atoms with Gasteiger partial charge in [-0.1, -0.05) is 6.07 Å². The second-order valence-electron chi connectivity index (χ2n) is 5.48. The first-order chi connectivity index (χ1) is 9.83. The maximum Gasteiger partial charge on any atom is 0.407 e. The van der Waals surface area contributed by atoms with Crippen LogP contribution in [-0.2, 0) is 11.3 Å². The number of rotatable bonds is 3. The van der Waals surface area contributed by atoms with Crippen molar-refractivity contribution in [1.29, 1.82) is 0 Å². The summed E-state index contributed by atoms with van der Waals surface area (Å²) in [7, 11) is 0. The summed E-state index contributed by atoms with van der Waals surface area (Å²) >= 11 is 0. The van der Waals surface area contributed by atoms with E-state index < -0.39 is 17.5 Å². The van der Waals surface area contributed by atoms with Gasteiger partial charge in [-0.15, -0.1) is 0 Å². The molecule has 0 bridgehead atoms. The third-order valence-electron chi connectivity index (χ3n) is 2.43. The fourth-order valence-electron chi connectivity index (χ4n) is 1.57. The Morgan fingerprint density at radius 2 is 2.14 bits per heavy atom. The third kappa shape index (κ3) is 4.55. The van der Waals surface area contributed by atoms with Gasteiger partial charge in [-0.3, -0.25) is 0 Å². The molecule has 0 spiro atoms. The van der Waals surface area contributed by atoms with Crippen LogP contribution in [-0.4, -0.2) is 26.5 Å². The SMILES string of the molecule is CC(C)(C)OC(=O)NCc1ccc(-n2cc(F)cn2)nc1. The number of alkyl carbamates (subject to hydrolysis) is 1. The van der Waals surface area contributed by atoms with Crippen LogP contribution in [0.5, 0.6) is 0 Å². The Morgan fingerprint density at radius 1 is 1.38 bits per heavy atom. The summed E-state index contributed by atoms with van der Waals surface area (Å²) in [6.07, 6.45) is 3.45. The minimum atomic E-state index is -0.531. The van der Waals surface area contributed by atoms with Crippen molar-refractivity contribution in [3.63, 3.8) is 0 Å². The van der Waals surface area contributed by atoms with Crippen molar-refractivity contribution in [2.75, 3.05) is 0 Å². The minimum Gasteiger partial charge on any atom is -0.444 e. The average molecular weight is 292 g/mol. The fraction of sp³-hybridized carbons (Fsp3) is 0.357. The number of nitrogens with one attached hydrogen (secondary N) is 1.